The maximum absolute atomic E-state index is 5.35. The summed E-state index contributed by atoms with van der Waals surface area (Å²) < 4.78 is 6.52. The smallest absolute Gasteiger partial charge is 0.119 e. The van der Waals surface area contributed by atoms with Gasteiger partial charge in [0.2, 0.25) is 0 Å². The van der Waals surface area contributed by atoms with E-state index in [4.69, 9.17) is 4.74 Å². The number of rotatable bonds is 2. The molecule has 0 aliphatic carbocycles. The number of nitrogens with zero attached hydrogens (tertiary/aromatic N) is 2. The molecule has 0 aromatic heterocycles. The van der Waals surface area contributed by atoms with Crippen molar-refractivity contribution in [3.05, 3.63) is 82.1 Å². The normalized spacial score (nSPS) is 15.8. The van der Waals surface area contributed by atoms with Crippen molar-refractivity contribution < 1.29 is 4.74 Å². The number of fused-ring (bicyclic) bond motifs is 3. The summed E-state index contributed by atoms with van der Waals surface area (Å²) in [6, 6.07) is 14.4. The van der Waals surface area contributed by atoms with E-state index in [0.717, 1.165) is 30.0 Å². The van der Waals surface area contributed by atoms with Crippen LogP contribution in [0.15, 0.2) is 70.4 Å². The molecule has 120 valence electrons. The second kappa shape index (κ2) is 6.29. The molecule has 4 rings (SSSR count). The van der Waals surface area contributed by atoms with Crippen LogP contribution in [0, 0.1) is 0 Å². The molecular formula is C20H17BrN2O. The molecule has 0 fully saturated rings. The minimum atomic E-state index is 0.838. The van der Waals surface area contributed by atoms with Crippen LogP contribution in [-0.4, -0.2) is 24.3 Å². The fourth-order valence-corrected chi connectivity index (χ4v) is 3.74. The SMILES string of the molecule is COc1cccc(C2=NC=CN3CCc4c(Br)cccc4C3=C2)c1. The van der Waals surface area contributed by atoms with Gasteiger partial charge < -0.3 is 9.64 Å². The average Bonchev–Trinajstić information content (AvgIpc) is 2.85. The molecule has 0 unspecified atom stereocenters. The zero-order valence-electron chi connectivity index (χ0n) is 13.4. The second-order valence-electron chi connectivity index (χ2n) is 5.78. The monoisotopic (exact) mass is 380 g/mol. The molecule has 4 heteroatoms. The van der Waals surface area contributed by atoms with Gasteiger partial charge in [-0.15, -0.1) is 0 Å². The van der Waals surface area contributed by atoms with Crippen LogP contribution in [0.4, 0.5) is 0 Å². The molecule has 0 radical (unpaired) electrons. The number of hydrogen-bond acceptors (Lipinski definition) is 3. The number of aliphatic imine (C=N–C) groups is 1. The molecule has 0 atom stereocenters. The van der Waals surface area contributed by atoms with Crippen LogP contribution < -0.4 is 4.74 Å². The van der Waals surface area contributed by atoms with Crippen LogP contribution in [0.3, 0.4) is 0 Å². The predicted molar refractivity (Wildman–Crippen MR) is 101 cm³/mol. The zero-order chi connectivity index (χ0) is 16.5. The average molecular weight is 381 g/mol. The van der Waals surface area contributed by atoms with Gasteiger partial charge in [0.15, 0.2) is 0 Å². The summed E-state index contributed by atoms with van der Waals surface area (Å²) in [7, 11) is 1.68. The third-order valence-electron chi connectivity index (χ3n) is 4.41. The van der Waals surface area contributed by atoms with Crippen molar-refractivity contribution in [1.29, 1.82) is 0 Å². The standard InChI is InChI=1S/C20H17BrN2O/c1-24-15-5-2-4-14(12-15)19-13-20-17-6-3-7-18(21)16(17)8-10-23(20)11-9-22-19/h2-7,9,11-13H,8,10H2,1H3. The van der Waals surface area contributed by atoms with E-state index in [0.29, 0.717) is 0 Å². The first-order valence-electron chi connectivity index (χ1n) is 7.91. The van der Waals surface area contributed by atoms with Crippen LogP contribution in [0.5, 0.6) is 5.75 Å². The summed E-state index contributed by atoms with van der Waals surface area (Å²) in [5.74, 6) is 0.838. The quantitative estimate of drug-likeness (QED) is 0.758. The van der Waals surface area contributed by atoms with Gasteiger partial charge in [0.1, 0.15) is 5.75 Å². The Balaban J connectivity index is 1.83. The number of methoxy groups -OCH3 is 1. The first kappa shape index (κ1) is 15.2. The Kier molecular flexibility index (Phi) is 3.98. The Labute approximate surface area is 150 Å². The van der Waals surface area contributed by atoms with Crippen LogP contribution in [-0.2, 0) is 6.42 Å². The van der Waals surface area contributed by atoms with Crippen LogP contribution in [0.25, 0.3) is 5.70 Å². The third-order valence-corrected chi connectivity index (χ3v) is 5.15. The summed E-state index contributed by atoms with van der Waals surface area (Å²) in [4.78, 5) is 6.91. The van der Waals surface area contributed by atoms with Gasteiger partial charge in [-0.1, -0.05) is 40.2 Å². The number of hydrogen-bond donors (Lipinski definition) is 0. The molecule has 0 spiro atoms. The summed E-state index contributed by atoms with van der Waals surface area (Å²) in [6.07, 6.45) is 7.12. The lowest BCUT2D eigenvalue weighted by Crippen LogP contribution is -2.25. The highest BCUT2D eigenvalue weighted by Gasteiger charge is 2.22. The Morgan fingerprint density at radius 3 is 2.92 bits per heavy atom. The van der Waals surface area contributed by atoms with E-state index in [-0.39, 0.29) is 0 Å². The summed E-state index contributed by atoms with van der Waals surface area (Å²) in [5.41, 5.74) is 5.80. The summed E-state index contributed by atoms with van der Waals surface area (Å²) in [5, 5.41) is 0. The molecule has 0 N–H and O–H groups in total. The van der Waals surface area contributed by atoms with Crippen LogP contribution >= 0.6 is 15.9 Å². The van der Waals surface area contributed by atoms with Crippen molar-refractivity contribution in [3.63, 3.8) is 0 Å². The van der Waals surface area contributed by atoms with Crippen molar-refractivity contribution in [2.75, 3.05) is 13.7 Å². The summed E-state index contributed by atoms with van der Waals surface area (Å²) in [6.45, 7) is 0.957. The van der Waals surface area contributed by atoms with E-state index >= 15 is 0 Å². The van der Waals surface area contributed by atoms with Gasteiger partial charge in [-0.2, -0.15) is 0 Å². The highest BCUT2D eigenvalue weighted by molar-refractivity contribution is 9.10. The van der Waals surface area contributed by atoms with Crippen LogP contribution in [0.2, 0.25) is 0 Å². The number of allylic oxidation sites excluding steroid dienone is 1. The van der Waals surface area contributed by atoms with Gasteiger partial charge >= 0.3 is 0 Å². The maximum Gasteiger partial charge on any atom is 0.119 e. The highest BCUT2D eigenvalue weighted by Crippen LogP contribution is 2.34. The largest absolute Gasteiger partial charge is 0.497 e. The van der Waals surface area contributed by atoms with Gasteiger partial charge in [0.25, 0.3) is 0 Å². The fourth-order valence-electron chi connectivity index (χ4n) is 3.18. The van der Waals surface area contributed by atoms with Gasteiger partial charge in [-0.05, 0) is 36.3 Å². The Morgan fingerprint density at radius 2 is 2.04 bits per heavy atom. The van der Waals surface area contributed by atoms with E-state index < -0.39 is 0 Å². The highest BCUT2D eigenvalue weighted by atomic mass is 79.9. The van der Waals surface area contributed by atoms with E-state index in [1.165, 1.54) is 21.3 Å². The second-order valence-corrected chi connectivity index (χ2v) is 6.64. The topological polar surface area (TPSA) is 24.8 Å². The third kappa shape index (κ3) is 2.67. The molecule has 2 heterocycles. The molecule has 2 aliphatic heterocycles. The molecule has 0 amide bonds. The first-order chi connectivity index (χ1) is 11.8. The van der Waals surface area contributed by atoms with Gasteiger partial charge in [-0.25, -0.2) is 0 Å². The molecule has 3 nitrogen and oxygen atoms in total. The lowest BCUT2D eigenvalue weighted by atomic mass is 9.95. The molecule has 0 saturated carbocycles. The number of benzene rings is 2. The van der Waals surface area contributed by atoms with Gasteiger partial charge in [0, 0.05) is 34.5 Å². The molecule has 0 saturated heterocycles. The summed E-state index contributed by atoms with van der Waals surface area (Å²) >= 11 is 3.69. The predicted octanol–water partition coefficient (Wildman–Crippen LogP) is 4.63. The maximum atomic E-state index is 5.35. The molecule has 2 aromatic rings. The van der Waals surface area contributed by atoms with Crippen molar-refractivity contribution in [1.82, 2.24) is 4.90 Å². The lowest BCUT2D eigenvalue weighted by Gasteiger charge is -2.30. The van der Waals surface area contributed by atoms with E-state index in [2.05, 4.69) is 62.4 Å². The minimum absolute atomic E-state index is 0.838. The van der Waals surface area contributed by atoms with E-state index in [1.807, 2.05) is 24.4 Å². The molecule has 24 heavy (non-hydrogen) atoms. The lowest BCUT2D eigenvalue weighted by molar-refractivity contribution is 0.414. The van der Waals surface area contributed by atoms with Crippen molar-refractivity contribution in [3.8, 4) is 5.75 Å². The molecular weight excluding hydrogens is 364 g/mol. The number of ether oxygens (including phenoxy) is 1. The van der Waals surface area contributed by atoms with Crippen molar-refractivity contribution in [2.24, 2.45) is 4.99 Å². The number of halogens is 1. The Morgan fingerprint density at radius 1 is 1.17 bits per heavy atom. The molecule has 0 bridgehead atoms. The Bertz CT molecular complexity index is 883. The van der Waals surface area contributed by atoms with Crippen molar-refractivity contribution >= 4 is 27.3 Å². The van der Waals surface area contributed by atoms with E-state index in [1.54, 1.807) is 7.11 Å². The van der Waals surface area contributed by atoms with Gasteiger partial charge in [0.05, 0.1) is 18.5 Å². The Hall–Kier alpha value is -2.33. The minimum Gasteiger partial charge on any atom is -0.497 e. The zero-order valence-corrected chi connectivity index (χ0v) is 15.0. The van der Waals surface area contributed by atoms with Gasteiger partial charge in [-0.3, -0.25) is 4.99 Å². The first-order valence-corrected chi connectivity index (χ1v) is 8.70. The van der Waals surface area contributed by atoms with E-state index in [9.17, 15) is 0 Å². The molecule has 2 aromatic carbocycles. The molecule has 2 aliphatic rings. The van der Waals surface area contributed by atoms with Crippen LogP contribution in [0.1, 0.15) is 16.7 Å². The fraction of sp³-hybridized carbons (Fsp3) is 0.150. The van der Waals surface area contributed by atoms with Crippen molar-refractivity contribution in [2.45, 2.75) is 6.42 Å².